The Morgan fingerprint density at radius 2 is 2.09 bits per heavy atom. The number of ether oxygens (including phenoxy) is 3. The van der Waals surface area contributed by atoms with E-state index in [4.69, 9.17) is 18.6 Å². The van der Waals surface area contributed by atoms with Crippen LogP contribution in [0.15, 0.2) is 22.7 Å². The number of pyridine rings is 1. The molecule has 1 amide bonds. The maximum atomic E-state index is 13.4. The van der Waals surface area contributed by atoms with Gasteiger partial charge >= 0.3 is 12.1 Å². The summed E-state index contributed by atoms with van der Waals surface area (Å²) in [7, 11) is 0. The van der Waals surface area contributed by atoms with Crippen molar-refractivity contribution in [3.05, 3.63) is 29.8 Å². The predicted octanol–water partition coefficient (Wildman–Crippen LogP) is 5.02. The molecule has 2 atom stereocenters. The van der Waals surface area contributed by atoms with Crippen LogP contribution in [0.25, 0.3) is 11.0 Å². The number of aryl methyl sites for hydroxylation is 1. The Balaban J connectivity index is 1.67. The van der Waals surface area contributed by atoms with Crippen LogP contribution in [0, 0.1) is 5.92 Å². The lowest BCUT2D eigenvalue weighted by molar-refractivity contribution is -0.169. The number of rotatable bonds is 9. The van der Waals surface area contributed by atoms with Gasteiger partial charge in [-0.15, -0.1) is 0 Å². The molecule has 4 rings (SSSR count). The molecule has 1 aliphatic carbocycles. The average molecular weight is 505 g/mol. The number of cyclic esters (lactones) is 1. The van der Waals surface area contributed by atoms with Crippen LogP contribution >= 0.6 is 11.8 Å². The lowest BCUT2D eigenvalue weighted by Gasteiger charge is -2.34. The smallest absolute Gasteiger partial charge is 0.408 e. The van der Waals surface area contributed by atoms with Gasteiger partial charge in [0.2, 0.25) is 5.79 Å². The normalized spacial score (nSPS) is 22.7. The summed E-state index contributed by atoms with van der Waals surface area (Å²) in [5.41, 5.74) is -0.771. The Morgan fingerprint density at radius 1 is 1.34 bits per heavy atom. The van der Waals surface area contributed by atoms with Gasteiger partial charge < -0.3 is 23.9 Å². The quantitative estimate of drug-likeness (QED) is 0.475. The van der Waals surface area contributed by atoms with Crippen molar-refractivity contribution in [2.75, 3.05) is 12.0 Å². The summed E-state index contributed by atoms with van der Waals surface area (Å²) in [6.45, 7) is 8.76. The van der Waals surface area contributed by atoms with Crippen molar-refractivity contribution < 1.29 is 28.2 Å². The number of carbonyl (C=O) groups excluding carboxylic acids is 2. The fraction of sp³-hybridized carbons (Fsp3) is 0.654. The third-order valence-corrected chi connectivity index (χ3v) is 6.87. The maximum Gasteiger partial charge on any atom is 0.408 e. The number of thioether (sulfide) groups is 1. The first-order valence-corrected chi connectivity index (χ1v) is 13.6. The van der Waals surface area contributed by atoms with E-state index in [-0.39, 0.29) is 6.42 Å². The lowest BCUT2D eigenvalue weighted by Crippen LogP contribution is -2.60. The van der Waals surface area contributed by atoms with E-state index in [0.717, 1.165) is 35.5 Å². The van der Waals surface area contributed by atoms with Crippen molar-refractivity contribution in [2.24, 2.45) is 5.92 Å². The largest absolute Gasteiger partial charge is 0.461 e. The molecule has 192 valence electrons. The highest BCUT2D eigenvalue weighted by molar-refractivity contribution is 7.98. The van der Waals surface area contributed by atoms with Crippen molar-refractivity contribution in [1.29, 1.82) is 0 Å². The first kappa shape index (κ1) is 25.8. The molecule has 0 aromatic carbocycles. The van der Waals surface area contributed by atoms with Crippen molar-refractivity contribution in [1.82, 2.24) is 10.3 Å². The van der Waals surface area contributed by atoms with Crippen LogP contribution < -0.4 is 5.32 Å². The Bertz CT molecular complexity index is 1090. The molecule has 2 aromatic heterocycles. The Labute approximate surface area is 210 Å². The molecule has 2 aliphatic rings. The van der Waals surface area contributed by atoms with Gasteiger partial charge in [0.1, 0.15) is 16.9 Å². The second-order valence-electron chi connectivity index (χ2n) is 11.0. The molecule has 2 fully saturated rings. The van der Waals surface area contributed by atoms with Gasteiger partial charge in [-0.3, -0.25) is 4.98 Å². The summed E-state index contributed by atoms with van der Waals surface area (Å²) in [5, 5.41) is 3.73. The van der Waals surface area contributed by atoms with E-state index in [1.165, 1.54) is 24.6 Å². The second kappa shape index (κ2) is 9.65. The summed E-state index contributed by atoms with van der Waals surface area (Å²) >= 11 is 1.49. The minimum absolute atomic E-state index is 0.120. The number of esters is 1. The van der Waals surface area contributed by atoms with Gasteiger partial charge in [-0.2, -0.15) is 11.8 Å². The van der Waals surface area contributed by atoms with E-state index in [0.29, 0.717) is 11.4 Å². The fourth-order valence-electron chi connectivity index (χ4n) is 4.50. The SMILES string of the molecule is CSC[C@H](NC(=O)OC(C)(C)C)[C@@]1(Cc2nccc3oc(CCC4CC4)cc23)OC(C)(C)OC1=O. The molecule has 1 N–H and O–H groups in total. The summed E-state index contributed by atoms with van der Waals surface area (Å²) in [5.74, 6) is 0.452. The monoisotopic (exact) mass is 504 g/mol. The zero-order valence-corrected chi connectivity index (χ0v) is 22.3. The van der Waals surface area contributed by atoms with Gasteiger partial charge in [0.15, 0.2) is 5.60 Å². The fourth-order valence-corrected chi connectivity index (χ4v) is 5.19. The summed E-state index contributed by atoms with van der Waals surface area (Å²) < 4.78 is 23.5. The van der Waals surface area contributed by atoms with Crippen LogP contribution in [0.5, 0.6) is 0 Å². The molecule has 0 bridgehead atoms. The van der Waals surface area contributed by atoms with E-state index < -0.39 is 35.1 Å². The highest BCUT2D eigenvalue weighted by Crippen LogP contribution is 2.40. The van der Waals surface area contributed by atoms with Gasteiger partial charge in [0, 0.05) is 44.0 Å². The number of hydrogen-bond acceptors (Lipinski definition) is 8. The predicted molar refractivity (Wildman–Crippen MR) is 134 cm³/mol. The van der Waals surface area contributed by atoms with E-state index in [1.807, 2.05) is 18.4 Å². The van der Waals surface area contributed by atoms with Crippen LogP contribution in [0.4, 0.5) is 4.79 Å². The Hall–Kier alpha value is -2.26. The highest BCUT2D eigenvalue weighted by Gasteiger charge is 2.59. The number of alkyl carbamates (subject to hydrolysis) is 1. The van der Waals surface area contributed by atoms with Crippen molar-refractivity contribution in [2.45, 2.75) is 89.8 Å². The summed E-state index contributed by atoms with van der Waals surface area (Å²) in [6, 6.07) is 3.15. The van der Waals surface area contributed by atoms with E-state index in [1.54, 1.807) is 40.8 Å². The molecule has 0 spiro atoms. The minimum atomic E-state index is -1.48. The molecule has 0 unspecified atom stereocenters. The molecular weight excluding hydrogens is 468 g/mol. The maximum absolute atomic E-state index is 13.4. The highest BCUT2D eigenvalue weighted by atomic mass is 32.2. The van der Waals surface area contributed by atoms with Crippen molar-refractivity contribution >= 4 is 34.8 Å². The Morgan fingerprint density at radius 3 is 2.69 bits per heavy atom. The number of hydrogen-bond donors (Lipinski definition) is 1. The molecular formula is C26H36N2O6S. The Kier molecular flexibility index (Phi) is 7.12. The molecule has 2 aromatic rings. The van der Waals surface area contributed by atoms with Gasteiger partial charge in [0.05, 0.1) is 11.7 Å². The zero-order valence-electron chi connectivity index (χ0n) is 21.4. The van der Waals surface area contributed by atoms with Gasteiger partial charge in [0.25, 0.3) is 0 Å². The number of nitrogens with one attached hydrogen (secondary N) is 1. The standard InChI is InChI=1S/C26H36N2O6S/c1-24(2,3)33-23(30)28-21(15-35-6)26(22(29)32-25(4,5)34-26)14-19-18-13-17(10-9-16-7-8-16)31-20(18)11-12-27-19/h11-13,16,21H,7-10,14-15H2,1-6H3,(H,28,30)/t21-,26+/m0/s1. The number of nitrogens with zero attached hydrogens (tertiary/aromatic N) is 1. The van der Waals surface area contributed by atoms with Crippen molar-refractivity contribution in [3.63, 3.8) is 0 Å². The summed E-state index contributed by atoms with van der Waals surface area (Å²) in [6.07, 6.45) is 7.68. The van der Waals surface area contributed by atoms with E-state index >= 15 is 0 Å². The molecule has 8 nitrogen and oxygen atoms in total. The number of aromatic nitrogens is 1. The van der Waals surface area contributed by atoms with Crippen LogP contribution in [-0.4, -0.2) is 52.1 Å². The molecule has 1 saturated heterocycles. The van der Waals surface area contributed by atoms with E-state index in [9.17, 15) is 9.59 Å². The van der Waals surface area contributed by atoms with Gasteiger partial charge in [-0.25, -0.2) is 9.59 Å². The molecule has 9 heteroatoms. The molecule has 3 heterocycles. The molecule has 1 saturated carbocycles. The van der Waals surface area contributed by atoms with Crippen LogP contribution in [-0.2, 0) is 31.8 Å². The lowest BCUT2D eigenvalue weighted by atomic mass is 9.88. The third kappa shape index (κ3) is 6.12. The van der Waals surface area contributed by atoms with Gasteiger partial charge in [-0.05, 0) is 51.5 Å². The van der Waals surface area contributed by atoms with Gasteiger partial charge in [-0.1, -0.05) is 12.8 Å². The molecule has 1 aliphatic heterocycles. The van der Waals surface area contributed by atoms with E-state index in [2.05, 4.69) is 10.3 Å². The number of carbonyl (C=O) groups is 2. The number of amides is 1. The van der Waals surface area contributed by atoms with Crippen LogP contribution in [0.1, 0.15) is 65.3 Å². The first-order valence-electron chi connectivity index (χ1n) is 12.2. The summed E-state index contributed by atoms with van der Waals surface area (Å²) in [4.78, 5) is 30.8. The zero-order chi connectivity index (χ0) is 25.4. The first-order chi connectivity index (χ1) is 16.4. The molecule has 0 radical (unpaired) electrons. The number of fused-ring (bicyclic) bond motifs is 1. The van der Waals surface area contributed by atoms with Crippen LogP contribution in [0.2, 0.25) is 0 Å². The topological polar surface area (TPSA) is 99.9 Å². The minimum Gasteiger partial charge on any atom is -0.461 e. The third-order valence-electron chi connectivity index (χ3n) is 6.20. The van der Waals surface area contributed by atoms with Crippen LogP contribution in [0.3, 0.4) is 0 Å². The second-order valence-corrected chi connectivity index (χ2v) is 11.9. The average Bonchev–Trinajstić information content (AvgIpc) is 3.41. The molecule has 35 heavy (non-hydrogen) atoms. The number of furan rings is 1. The van der Waals surface area contributed by atoms with Crippen molar-refractivity contribution in [3.8, 4) is 0 Å².